The summed E-state index contributed by atoms with van der Waals surface area (Å²) in [6, 6.07) is 19.3. The maximum atomic E-state index is 12.6. The first-order chi connectivity index (χ1) is 13.6. The van der Waals surface area contributed by atoms with Crippen molar-refractivity contribution in [1.82, 2.24) is 9.88 Å². The minimum Gasteiger partial charge on any atom is -0.352 e. The van der Waals surface area contributed by atoms with Crippen LogP contribution in [0.2, 0.25) is 5.02 Å². The van der Waals surface area contributed by atoms with Gasteiger partial charge >= 0.3 is 0 Å². The molecular formula is C22H19ClN4O. The molecule has 0 atom stereocenters. The molecule has 0 saturated carbocycles. The number of halogens is 1. The Balaban J connectivity index is 1.45. The molecule has 1 aromatic heterocycles. The lowest BCUT2D eigenvalue weighted by Gasteiger charge is -2.36. The molecule has 2 aromatic carbocycles. The second kappa shape index (κ2) is 7.87. The monoisotopic (exact) mass is 390 g/mol. The molecule has 1 aliphatic rings. The van der Waals surface area contributed by atoms with Crippen LogP contribution in [0.5, 0.6) is 0 Å². The third kappa shape index (κ3) is 3.78. The zero-order valence-electron chi connectivity index (χ0n) is 15.3. The van der Waals surface area contributed by atoms with Gasteiger partial charge in [0.15, 0.2) is 0 Å². The number of carbonyl (C=O) groups is 1. The highest BCUT2D eigenvalue weighted by atomic mass is 35.5. The van der Waals surface area contributed by atoms with Crippen molar-refractivity contribution in [3.8, 4) is 6.07 Å². The molecule has 0 aliphatic carbocycles. The smallest absolute Gasteiger partial charge is 0.227 e. The Labute approximate surface area is 168 Å². The first kappa shape index (κ1) is 18.3. The van der Waals surface area contributed by atoms with Gasteiger partial charge in [-0.2, -0.15) is 5.26 Å². The zero-order chi connectivity index (χ0) is 19.5. The molecule has 140 valence electrons. The zero-order valence-corrected chi connectivity index (χ0v) is 16.1. The first-order valence-electron chi connectivity index (χ1n) is 9.21. The van der Waals surface area contributed by atoms with Crippen molar-refractivity contribution < 1.29 is 4.79 Å². The SMILES string of the molecule is N#Cc1cc2ccccc2nc1N1CCN(C(=O)Cc2ccc(Cl)cc2)CC1. The average Bonchev–Trinajstić information content (AvgIpc) is 2.74. The van der Waals surface area contributed by atoms with Crippen molar-refractivity contribution in [1.29, 1.82) is 5.26 Å². The number of piperazine rings is 1. The summed E-state index contributed by atoms with van der Waals surface area (Å²) in [7, 11) is 0. The van der Waals surface area contributed by atoms with Gasteiger partial charge in [-0.15, -0.1) is 0 Å². The average molecular weight is 391 g/mol. The van der Waals surface area contributed by atoms with Crippen LogP contribution < -0.4 is 4.90 Å². The van der Waals surface area contributed by atoms with Crippen LogP contribution in [0, 0.1) is 11.3 Å². The largest absolute Gasteiger partial charge is 0.352 e. The van der Waals surface area contributed by atoms with Crippen LogP contribution in [0.3, 0.4) is 0 Å². The van der Waals surface area contributed by atoms with Gasteiger partial charge in [-0.3, -0.25) is 4.79 Å². The van der Waals surface area contributed by atoms with Gasteiger partial charge in [-0.1, -0.05) is 41.9 Å². The number of hydrogen-bond donors (Lipinski definition) is 0. The summed E-state index contributed by atoms with van der Waals surface area (Å²) < 4.78 is 0. The molecule has 5 nitrogen and oxygen atoms in total. The molecule has 0 N–H and O–H groups in total. The number of carbonyl (C=O) groups excluding carboxylic acids is 1. The third-order valence-electron chi connectivity index (χ3n) is 5.02. The van der Waals surface area contributed by atoms with E-state index in [1.807, 2.05) is 47.4 Å². The molecule has 0 radical (unpaired) electrons. The van der Waals surface area contributed by atoms with E-state index in [4.69, 9.17) is 16.6 Å². The number of pyridine rings is 1. The fourth-order valence-corrected chi connectivity index (χ4v) is 3.61. The van der Waals surface area contributed by atoms with Crippen molar-refractivity contribution in [3.63, 3.8) is 0 Å². The Kier molecular flexibility index (Phi) is 5.14. The van der Waals surface area contributed by atoms with Crippen LogP contribution in [-0.4, -0.2) is 42.0 Å². The van der Waals surface area contributed by atoms with Crippen LogP contribution in [0.4, 0.5) is 5.82 Å². The molecule has 1 aliphatic heterocycles. The molecule has 3 aromatic rings. The van der Waals surface area contributed by atoms with E-state index in [0.717, 1.165) is 16.5 Å². The molecule has 2 heterocycles. The number of nitriles is 1. The molecule has 1 amide bonds. The van der Waals surface area contributed by atoms with Gasteiger partial charge in [0.05, 0.1) is 17.5 Å². The normalized spacial score (nSPS) is 14.1. The Hall–Kier alpha value is -3.10. The standard InChI is InChI=1S/C22H19ClN4O/c23-19-7-5-16(6-8-19)13-21(28)26-9-11-27(12-10-26)22-18(15-24)14-17-3-1-2-4-20(17)25-22/h1-8,14H,9-13H2. The van der Waals surface area contributed by atoms with Gasteiger partial charge in [0.2, 0.25) is 5.91 Å². The Bertz CT molecular complexity index is 1050. The van der Waals surface area contributed by atoms with E-state index >= 15 is 0 Å². The first-order valence-corrected chi connectivity index (χ1v) is 9.59. The van der Waals surface area contributed by atoms with Crippen LogP contribution in [0.15, 0.2) is 54.6 Å². The second-order valence-corrected chi connectivity index (χ2v) is 7.27. The number of rotatable bonds is 3. The number of hydrogen-bond acceptors (Lipinski definition) is 4. The van der Waals surface area contributed by atoms with Crippen LogP contribution in [-0.2, 0) is 11.2 Å². The molecule has 1 fully saturated rings. The minimum atomic E-state index is 0.106. The number of aromatic nitrogens is 1. The fourth-order valence-electron chi connectivity index (χ4n) is 3.49. The molecule has 0 spiro atoms. The van der Waals surface area contributed by atoms with E-state index in [9.17, 15) is 10.1 Å². The predicted octanol–water partition coefficient (Wildman–Crippen LogP) is 3.65. The van der Waals surface area contributed by atoms with Gasteiger partial charge in [-0.05, 0) is 29.8 Å². The second-order valence-electron chi connectivity index (χ2n) is 6.84. The molecule has 0 bridgehead atoms. The molecule has 1 saturated heterocycles. The topological polar surface area (TPSA) is 60.2 Å². The highest BCUT2D eigenvalue weighted by molar-refractivity contribution is 6.30. The van der Waals surface area contributed by atoms with E-state index in [1.54, 1.807) is 12.1 Å². The molecule has 6 heteroatoms. The maximum Gasteiger partial charge on any atom is 0.227 e. The number of para-hydroxylation sites is 1. The van der Waals surface area contributed by atoms with Crippen molar-refractivity contribution in [2.24, 2.45) is 0 Å². The van der Waals surface area contributed by atoms with Gasteiger partial charge in [0, 0.05) is 36.6 Å². The summed E-state index contributed by atoms with van der Waals surface area (Å²) in [4.78, 5) is 21.3. The molecule has 0 unspecified atom stereocenters. The van der Waals surface area contributed by atoms with E-state index in [2.05, 4.69) is 11.0 Å². The van der Waals surface area contributed by atoms with E-state index in [1.165, 1.54) is 0 Å². The van der Waals surface area contributed by atoms with Gasteiger partial charge in [0.1, 0.15) is 11.9 Å². The van der Waals surface area contributed by atoms with Gasteiger partial charge < -0.3 is 9.80 Å². The van der Waals surface area contributed by atoms with Crippen LogP contribution >= 0.6 is 11.6 Å². The Morgan fingerprint density at radius 2 is 1.79 bits per heavy atom. The van der Waals surface area contributed by atoms with E-state index < -0.39 is 0 Å². The molecule has 4 rings (SSSR count). The fraction of sp³-hybridized carbons (Fsp3) is 0.227. The van der Waals surface area contributed by atoms with Crippen LogP contribution in [0.1, 0.15) is 11.1 Å². The number of amides is 1. The number of nitrogens with zero attached hydrogens (tertiary/aromatic N) is 4. The lowest BCUT2D eigenvalue weighted by atomic mass is 10.1. The maximum absolute atomic E-state index is 12.6. The van der Waals surface area contributed by atoms with E-state index in [0.29, 0.717) is 49.0 Å². The van der Waals surface area contributed by atoms with E-state index in [-0.39, 0.29) is 5.91 Å². The Morgan fingerprint density at radius 1 is 1.07 bits per heavy atom. The number of anilines is 1. The summed E-state index contributed by atoms with van der Waals surface area (Å²) in [6.45, 7) is 2.55. The summed E-state index contributed by atoms with van der Waals surface area (Å²) in [5, 5.41) is 11.2. The van der Waals surface area contributed by atoms with Crippen molar-refractivity contribution in [2.45, 2.75) is 6.42 Å². The summed E-state index contributed by atoms with van der Waals surface area (Å²) >= 11 is 5.90. The quantitative estimate of drug-likeness (QED) is 0.684. The number of benzene rings is 2. The lowest BCUT2D eigenvalue weighted by Crippen LogP contribution is -2.49. The van der Waals surface area contributed by atoms with Crippen LogP contribution in [0.25, 0.3) is 10.9 Å². The lowest BCUT2D eigenvalue weighted by molar-refractivity contribution is -0.130. The minimum absolute atomic E-state index is 0.106. The third-order valence-corrected chi connectivity index (χ3v) is 5.28. The molecule has 28 heavy (non-hydrogen) atoms. The van der Waals surface area contributed by atoms with Crippen molar-refractivity contribution in [3.05, 3.63) is 70.7 Å². The summed E-state index contributed by atoms with van der Waals surface area (Å²) in [5.74, 6) is 0.806. The highest BCUT2D eigenvalue weighted by Gasteiger charge is 2.24. The Morgan fingerprint density at radius 3 is 2.50 bits per heavy atom. The predicted molar refractivity (Wildman–Crippen MR) is 110 cm³/mol. The van der Waals surface area contributed by atoms with Crippen molar-refractivity contribution in [2.75, 3.05) is 31.1 Å². The molecular weight excluding hydrogens is 372 g/mol. The van der Waals surface area contributed by atoms with Gasteiger partial charge in [0.25, 0.3) is 0 Å². The number of fused-ring (bicyclic) bond motifs is 1. The van der Waals surface area contributed by atoms with Gasteiger partial charge in [-0.25, -0.2) is 4.98 Å². The van der Waals surface area contributed by atoms with Crippen molar-refractivity contribution >= 4 is 34.2 Å². The summed E-state index contributed by atoms with van der Waals surface area (Å²) in [5.41, 5.74) is 2.40. The highest BCUT2D eigenvalue weighted by Crippen LogP contribution is 2.24. The summed E-state index contributed by atoms with van der Waals surface area (Å²) in [6.07, 6.45) is 0.370.